The number of piperidine rings is 1. The van der Waals surface area contributed by atoms with E-state index >= 15 is 0 Å². The van der Waals surface area contributed by atoms with Crippen LogP contribution in [0.2, 0.25) is 6.32 Å². The van der Waals surface area contributed by atoms with E-state index in [9.17, 15) is 9.90 Å². The molecular formula is C13H25BN2O3. The largest absolute Gasteiger partial charge is 0.480 e. The fourth-order valence-electron chi connectivity index (χ4n) is 3.95. The van der Waals surface area contributed by atoms with E-state index in [1.807, 2.05) is 0 Å². The molecule has 0 bridgehead atoms. The van der Waals surface area contributed by atoms with Gasteiger partial charge in [0.05, 0.1) is 0 Å². The van der Waals surface area contributed by atoms with Gasteiger partial charge in [-0.05, 0) is 38.1 Å². The fourth-order valence-corrected chi connectivity index (χ4v) is 3.95. The minimum absolute atomic E-state index is 0.0595. The van der Waals surface area contributed by atoms with Crippen LogP contribution in [-0.2, 0) is 4.79 Å². The lowest BCUT2D eigenvalue weighted by Gasteiger charge is -2.36. The number of carboxylic acids is 1. The van der Waals surface area contributed by atoms with Crippen molar-refractivity contribution < 1.29 is 14.9 Å². The van der Waals surface area contributed by atoms with Gasteiger partial charge in [-0.25, -0.2) is 0 Å². The predicted molar refractivity (Wildman–Crippen MR) is 75.2 cm³/mol. The first-order chi connectivity index (χ1) is 9.10. The van der Waals surface area contributed by atoms with E-state index in [-0.39, 0.29) is 25.4 Å². The first-order valence-corrected chi connectivity index (χ1v) is 7.47. The van der Waals surface area contributed by atoms with Crippen molar-refractivity contribution in [3.63, 3.8) is 0 Å². The molecule has 3 unspecified atom stereocenters. The molecule has 0 radical (unpaired) electrons. The fraction of sp³-hybridized carbons (Fsp3) is 0.923. The highest BCUT2D eigenvalue weighted by Gasteiger charge is 2.57. The minimum atomic E-state index is -1.06. The van der Waals surface area contributed by atoms with Crippen LogP contribution < -0.4 is 11.1 Å². The summed E-state index contributed by atoms with van der Waals surface area (Å²) in [5, 5.41) is 21.8. The van der Waals surface area contributed by atoms with Gasteiger partial charge in [0.25, 0.3) is 7.48 Å². The molecule has 1 heterocycles. The molecule has 0 amide bonds. The van der Waals surface area contributed by atoms with E-state index in [2.05, 4.69) is 5.32 Å². The van der Waals surface area contributed by atoms with Gasteiger partial charge in [0.1, 0.15) is 5.54 Å². The molecule has 5 N–H and O–H groups in total. The number of nitrogens with one attached hydrogen (secondary N) is 1. The molecule has 5 nitrogen and oxygen atoms in total. The average molecular weight is 268 g/mol. The van der Waals surface area contributed by atoms with Crippen LogP contribution in [-0.4, -0.2) is 41.7 Å². The van der Waals surface area contributed by atoms with E-state index in [4.69, 9.17) is 10.8 Å². The maximum atomic E-state index is 11.7. The summed E-state index contributed by atoms with van der Waals surface area (Å²) in [6.45, 7) is 0.980. The molecule has 0 aromatic heterocycles. The summed E-state index contributed by atoms with van der Waals surface area (Å²) in [4.78, 5) is 11.7. The molecule has 2 aliphatic rings. The second-order valence-corrected chi connectivity index (χ2v) is 6.05. The van der Waals surface area contributed by atoms with Gasteiger partial charge in [-0.15, -0.1) is 0 Å². The van der Waals surface area contributed by atoms with Crippen molar-refractivity contribution in [2.24, 2.45) is 17.6 Å². The highest BCUT2D eigenvalue weighted by Crippen LogP contribution is 2.45. The number of rotatable bonds is 6. The smallest absolute Gasteiger partial charge is 0.324 e. The standard InChI is InChI=1S/C13H25BN2O3/c15-13(12(17)18)9(4-1-2-6-14-19)8-11-10(13)5-3-7-16-11/h9-11,14,16,19H,1-8,15H2,(H,17,18)/t9?,10?,11?,13-/m1/s1. The lowest BCUT2D eigenvalue weighted by Crippen LogP contribution is -2.59. The molecule has 6 heteroatoms. The molecule has 2 rings (SSSR count). The molecule has 1 saturated carbocycles. The monoisotopic (exact) mass is 268 g/mol. The molecule has 4 atom stereocenters. The predicted octanol–water partition coefficient (Wildman–Crippen LogP) is 0.0890. The molecule has 1 aliphatic heterocycles. The number of carboxylic acid groups (broad SMARTS) is 1. The SMILES string of the molecule is N[C@]1(C(=O)O)C(CCCCBO)CC2NCCCC21. The van der Waals surface area contributed by atoms with E-state index in [1.54, 1.807) is 0 Å². The Morgan fingerprint density at radius 1 is 1.47 bits per heavy atom. The van der Waals surface area contributed by atoms with Crippen molar-refractivity contribution >= 4 is 13.5 Å². The van der Waals surface area contributed by atoms with Crippen molar-refractivity contribution in [3.8, 4) is 0 Å². The zero-order valence-electron chi connectivity index (χ0n) is 11.5. The molecule has 0 spiro atoms. The highest BCUT2D eigenvalue weighted by atomic mass is 16.4. The van der Waals surface area contributed by atoms with Crippen molar-refractivity contribution in [3.05, 3.63) is 0 Å². The Morgan fingerprint density at radius 2 is 2.26 bits per heavy atom. The zero-order chi connectivity index (χ0) is 13.9. The zero-order valence-corrected chi connectivity index (χ0v) is 11.5. The highest BCUT2D eigenvalue weighted by molar-refractivity contribution is 6.25. The Kier molecular flexibility index (Phi) is 4.87. The van der Waals surface area contributed by atoms with E-state index < -0.39 is 11.5 Å². The number of hydrogen-bond donors (Lipinski definition) is 4. The topological polar surface area (TPSA) is 95.6 Å². The van der Waals surface area contributed by atoms with E-state index in [0.717, 1.165) is 51.4 Å². The number of hydrogen-bond acceptors (Lipinski definition) is 4. The third-order valence-electron chi connectivity index (χ3n) is 4.99. The first-order valence-electron chi connectivity index (χ1n) is 7.47. The quantitative estimate of drug-likeness (QED) is 0.404. The maximum Gasteiger partial charge on any atom is 0.324 e. The van der Waals surface area contributed by atoms with Crippen LogP contribution in [0.5, 0.6) is 0 Å². The average Bonchev–Trinajstić information content (AvgIpc) is 2.70. The summed E-state index contributed by atoms with van der Waals surface area (Å²) < 4.78 is 0. The van der Waals surface area contributed by atoms with Gasteiger partial charge in [-0.1, -0.05) is 19.2 Å². The van der Waals surface area contributed by atoms with Crippen molar-refractivity contribution in [2.45, 2.75) is 56.4 Å². The maximum absolute atomic E-state index is 11.7. The number of fused-ring (bicyclic) bond motifs is 1. The van der Waals surface area contributed by atoms with E-state index in [0.29, 0.717) is 0 Å². The van der Waals surface area contributed by atoms with Crippen molar-refractivity contribution in [1.29, 1.82) is 0 Å². The molecule has 1 saturated heterocycles. The molecule has 1 aliphatic carbocycles. The van der Waals surface area contributed by atoms with Crippen molar-refractivity contribution in [1.82, 2.24) is 5.32 Å². The minimum Gasteiger partial charge on any atom is -0.480 e. The Balaban J connectivity index is 2.02. The summed E-state index contributed by atoms with van der Waals surface area (Å²) in [7, 11) is 0.212. The molecule has 19 heavy (non-hydrogen) atoms. The van der Waals surface area contributed by atoms with Crippen LogP contribution in [0.4, 0.5) is 0 Å². The Bertz CT molecular complexity index is 329. The molecule has 0 aromatic carbocycles. The van der Waals surface area contributed by atoms with Crippen LogP contribution in [0.25, 0.3) is 0 Å². The Hall–Kier alpha value is -0.585. The van der Waals surface area contributed by atoms with Gasteiger partial charge < -0.3 is 21.2 Å². The summed E-state index contributed by atoms with van der Waals surface area (Å²) in [5.74, 6) is -0.707. The van der Waals surface area contributed by atoms with Crippen molar-refractivity contribution in [2.75, 3.05) is 6.54 Å². The second kappa shape index (κ2) is 6.24. The Labute approximate surface area is 115 Å². The summed E-state index contributed by atoms with van der Waals surface area (Å²) >= 11 is 0. The van der Waals surface area contributed by atoms with Crippen LogP contribution >= 0.6 is 0 Å². The molecule has 108 valence electrons. The lowest BCUT2D eigenvalue weighted by molar-refractivity contribution is -0.147. The molecular weight excluding hydrogens is 243 g/mol. The lowest BCUT2D eigenvalue weighted by atomic mass is 9.75. The van der Waals surface area contributed by atoms with Gasteiger partial charge >= 0.3 is 5.97 Å². The van der Waals surface area contributed by atoms with Gasteiger partial charge in [-0.3, -0.25) is 4.79 Å². The summed E-state index contributed by atoms with van der Waals surface area (Å²) in [5.41, 5.74) is 5.27. The van der Waals surface area contributed by atoms with Gasteiger partial charge in [0, 0.05) is 12.0 Å². The Morgan fingerprint density at radius 3 is 2.95 bits per heavy atom. The van der Waals surface area contributed by atoms with Gasteiger partial charge in [0.2, 0.25) is 0 Å². The summed E-state index contributed by atoms with van der Waals surface area (Å²) in [6.07, 6.45) is 6.38. The number of carbonyl (C=O) groups is 1. The number of nitrogens with two attached hydrogens (primary N) is 1. The second-order valence-electron chi connectivity index (χ2n) is 6.05. The van der Waals surface area contributed by atoms with Crippen LogP contribution in [0.1, 0.15) is 38.5 Å². The van der Waals surface area contributed by atoms with Crippen LogP contribution in [0, 0.1) is 11.8 Å². The number of unbranched alkanes of at least 4 members (excludes halogenated alkanes) is 1. The molecule has 2 fully saturated rings. The summed E-state index contributed by atoms with van der Waals surface area (Å²) in [6, 6.07) is 0.276. The first kappa shape index (κ1) is 14.8. The third-order valence-corrected chi connectivity index (χ3v) is 4.99. The molecule has 0 aromatic rings. The van der Waals surface area contributed by atoms with Gasteiger partial charge in [-0.2, -0.15) is 0 Å². The number of aliphatic carboxylic acids is 1. The van der Waals surface area contributed by atoms with Crippen LogP contribution in [0.3, 0.4) is 0 Å². The van der Waals surface area contributed by atoms with Crippen LogP contribution in [0.15, 0.2) is 0 Å². The van der Waals surface area contributed by atoms with E-state index in [1.165, 1.54) is 0 Å². The third kappa shape index (κ3) is 2.80. The normalized spacial score (nSPS) is 37.9. The van der Waals surface area contributed by atoms with Gasteiger partial charge in [0.15, 0.2) is 0 Å².